The maximum absolute atomic E-state index is 11.2. The highest BCUT2D eigenvalue weighted by Crippen LogP contribution is 2.09. The third-order valence-corrected chi connectivity index (χ3v) is 2.31. The SMILES string of the molecule is Cc1cc(N)n(-c2nc(I)cc(=O)[nH]2)n1. The van der Waals surface area contributed by atoms with Gasteiger partial charge < -0.3 is 5.73 Å². The zero-order valence-electron chi connectivity index (χ0n) is 7.86. The van der Waals surface area contributed by atoms with Gasteiger partial charge in [0.2, 0.25) is 5.95 Å². The summed E-state index contributed by atoms with van der Waals surface area (Å²) in [7, 11) is 0. The molecule has 3 N–H and O–H groups in total. The van der Waals surface area contributed by atoms with Crippen LogP contribution in [0.5, 0.6) is 0 Å². The number of nitrogens with one attached hydrogen (secondary N) is 1. The third kappa shape index (κ3) is 2.01. The van der Waals surface area contributed by atoms with Gasteiger partial charge in [-0.25, -0.2) is 4.98 Å². The first kappa shape index (κ1) is 10.1. The molecule has 78 valence electrons. The Morgan fingerprint density at radius 2 is 2.27 bits per heavy atom. The number of aromatic nitrogens is 4. The van der Waals surface area contributed by atoms with Crippen molar-refractivity contribution in [1.82, 2.24) is 19.7 Å². The molecule has 6 nitrogen and oxygen atoms in total. The molecular formula is C8H8IN5O. The number of nitrogens with zero attached hydrogens (tertiary/aromatic N) is 3. The molecule has 7 heteroatoms. The highest BCUT2D eigenvalue weighted by Gasteiger charge is 2.07. The lowest BCUT2D eigenvalue weighted by atomic mass is 10.5. The molecule has 0 aliphatic heterocycles. The zero-order chi connectivity index (χ0) is 11.0. The van der Waals surface area contributed by atoms with E-state index in [4.69, 9.17) is 5.73 Å². The second-order valence-corrected chi connectivity index (χ2v) is 4.12. The Morgan fingerprint density at radius 1 is 1.53 bits per heavy atom. The van der Waals surface area contributed by atoms with Gasteiger partial charge in [0.15, 0.2) is 0 Å². The monoisotopic (exact) mass is 317 g/mol. The number of halogens is 1. The number of H-pyrrole nitrogens is 1. The average Bonchev–Trinajstić information content (AvgIpc) is 2.43. The number of nitrogens with two attached hydrogens (primary N) is 1. The van der Waals surface area contributed by atoms with Gasteiger partial charge >= 0.3 is 0 Å². The van der Waals surface area contributed by atoms with Crippen molar-refractivity contribution in [2.75, 3.05) is 5.73 Å². The molecule has 0 fully saturated rings. The van der Waals surface area contributed by atoms with Gasteiger partial charge in [-0.05, 0) is 29.5 Å². The highest BCUT2D eigenvalue weighted by molar-refractivity contribution is 14.1. The summed E-state index contributed by atoms with van der Waals surface area (Å²) in [5.41, 5.74) is 6.26. The molecule has 15 heavy (non-hydrogen) atoms. The van der Waals surface area contributed by atoms with Crippen LogP contribution in [-0.2, 0) is 0 Å². The van der Waals surface area contributed by atoms with E-state index >= 15 is 0 Å². The van der Waals surface area contributed by atoms with E-state index in [1.54, 1.807) is 6.07 Å². The number of hydrogen-bond donors (Lipinski definition) is 2. The topological polar surface area (TPSA) is 89.6 Å². The fraction of sp³-hybridized carbons (Fsp3) is 0.125. The zero-order valence-corrected chi connectivity index (χ0v) is 10.0. The minimum Gasteiger partial charge on any atom is -0.383 e. The van der Waals surface area contributed by atoms with Crippen molar-refractivity contribution < 1.29 is 0 Å². The Morgan fingerprint density at radius 3 is 2.80 bits per heavy atom. The Labute approximate surface area is 98.7 Å². The molecule has 2 aromatic heterocycles. The molecule has 0 aliphatic rings. The fourth-order valence-electron chi connectivity index (χ4n) is 1.21. The Bertz CT molecular complexity index is 558. The molecule has 0 bridgehead atoms. The Balaban J connectivity index is 2.63. The fourth-order valence-corrected chi connectivity index (χ4v) is 1.72. The normalized spacial score (nSPS) is 10.5. The van der Waals surface area contributed by atoms with Gasteiger partial charge in [-0.3, -0.25) is 9.78 Å². The van der Waals surface area contributed by atoms with E-state index < -0.39 is 0 Å². The maximum Gasteiger partial charge on any atom is 0.253 e. The molecule has 2 rings (SSSR count). The number of nitrogen functional groups attached to an aromatic ring is 1. The van der Waals surface area contributed by atoms with E-state index in [1.807, 2.05) is 29.5 Å². The Hall–Kier alpha value is -1.38. The number of hydrogen-bond acceptors (Lipinski definition) is 4. The lowest BCUT2D eigenvalue weighted by Gasteiger charge is -2.01. The smallest absolute Gasteiger partial charge is 0.253 e. The number of aryl methyl sites for hydroxylation is 1. The van der Waals surface area contributed by atoms with Crippen LogP contribution < -0.4 is 11.3 Å². The maximum atomic E-state index is 11.2. The Kier molecular flexibility index (Phi) is 2.47. The van der Waals surface area contributed by atoms with Crippen LogP contribution in [0.25, 0.3) is 5.95 Å². The molecule has 0 aliphatic carbocycles. The first-order chi connectivity index (χ1) is 7.06. The summed E-state index contributed by atoms with van der Waals surface area (Å²) in [5, 5.41) is 4.12. The van der Waals surface area contributed by atoms with Crippen LogP contribution in [0.15, 0.2) is 16.9 Å². The van der Waals surface area contributed by atoms with E-state index in [2.05, 4.69) is 15.1 Å². The second kappa shape index (κ2) is 3.65. The van der Waals surface area contributed by atoms with Crippen molar-refractivity contribution in [2.24, 2.45) is 0 Å². The molecule has 2 heterocycles. The van der Waals surface area contributed by atoms with E-state index in [0.29, 0.717) is 15.5 Å². The van der Waals surface area contributed by atoms with Gasteiger partial charge in [0.05, 0.1) is 5.69 Å². The van der Waals surface area contributed by atoms with Crippen LogP contribution in [0.1, 0.15) is 5.69 Å². The minimum absolute atomic E-state index is 0.225. The highest BCUT2D eigenvalue weighted by atomic mass is 127. The lowest BCUT2D eigenvalue weighted by molar-refractivity contribution is 0.794. The molecule has 0 atom stereocenters. The lowest BCUT2D eigenvalue weighted by Crippen LogP contribution is -2.15. The van der Waals surface area contributed by atoms with Gasteiger partial charge in [0.25, 0.3) is 5.56 Å². The van der Waals surface area contributed by atoms with Crippen LogP contribution >= 0.6 is 22.6 Å². The molecule has 0 amide bonds. The number of aromatic amines is 1. The molecular weight excluding hydrogens is 309 g/mol. The summed E-state index contributed by atoms with van der Waals surface area (Å²) < 4.78 is 2.00. The molecule has 0 spiro atoms. The van der Waals surface area contributed by atoms with Gasteiger partial charge in [-0.2, -0.15) is 9.78 Å². The third-order valence-electron chi connectivity index (χ3n) is 1.76. The van der Waals surface area contributed by atoms with E-state index in [0.717, 1.165) is 5.69 Å². The first-order valence-electron chi connectivity index (χ1n) is 4.15. The quantitative estimate of drug-likeness (QED) is 0.590. The van der Waals surface area contributed by atoms with Gasteiger partial charge in [-0.1, -0.05) is 0 Å². The minimum atomic E-state index is -0.225. The van der Waals surface area contributed by atoms with Crippen LogP contribution in [0, 0.1) is 10.6 Å². The average molecular weight is 317 g/mol. The van der Waals surface area contributed by atoms with Crippen molar-refractivity contribution >= 4 is 28.4 Å². The summed E-state index contributed by atoms with van der Waals surface area (Å²) in [5.74, 6) is 0.773. The summed E-state index contributed by atoms with van der Waals surface area (Å²) >= 11 is 1.96. The summed E-state index contributed by atoms with van der Waals surface area (Å²) in [6.07, 6.45) is 0. The molecule has 0 radical (unpaired) electrons. The van der Waals surface area contributed by atoms with Crippen LogP contribution in [0.4, 0.5) is 5.82 Å². The molecule has 0 saturated heterocycles. The van der Waals surface area contributed by atoms with Gasteiger partial charge in [-0.15, -0.1) is 0 Å². The van der Waals surface area contributed by atoms with Crippen LogP contribution in [0.2, 0.25) is 0 Å². The first-order valence-corrected chi connectivity index (χ1v) is 5.23. The van der Waals surface area contributed by atoms with E-state index in [9.17, 15) is 4.79 Å². The van der Waals surface area contributed by atoms with Gasteiger partial charge in [0.1, 0.15) is 9.52 Å². The van der Waals surface area contributed by atoms with Crippen LogP contribution in [-0.4, -0.2) is 19.7 Å². The second-order valence-electron chi connectivity index (χ2n) is 3.01. The van der Waals surface area contributed by atoms with E-state index in [-0.39, 0.29) is 5.56 Å². The van der Waals surface area contributed by atoms with Crippen molar-refractivity contribution in [3.05, 3.63) is 31.9 Å². The van der Waals surface area contributed by atoms with E-state index in [1.165, 1.54) is 10.7 Å². The molecule has 0 unspecified atom stereocenters. The van der Waals surface area contributed by atoms with Crippen molar-refractivity contribution in [3.8, 4) is 5.95 Å². The summed E-state index contributed by atoms with van der Waals surface area (Å²) in [6, 6.07) is 3.11. The summed E-state index contributed by atoms with van der Waals surface area (Å²) in [6.45, 7) is 1.82. The molecule has 0 saturated carbocycles. The van der Waals surface area contributed by atoms with Crippen molar-refractivity contribution in [2.45, 2.75) is 6.92 Å². The van der Waals surface area contributed by atoms with Gasteiger partial charge in [0, 0.05) is 12.1 Å². The van der Waals surface area contributed by atoms with Crippen molar-refractivity contribution in [1.29, 1.82) is 0 Å². The summed E-state index contributed by atoms with van der Waals surface area (Å²) in [4.78, 5) is 17.9. The number of rotatable bonds is 1. The predicted octanol–water partition coefficient (Wildman–Crippen LogP) is 0.451. The largest absolute Gasteiger partial charge is 0.383 e. The standard InChI is InChI=1S/C8H8IN5O/c1-4-2-6(10)14(13-4)8-11-5(9)3-7(15)12-8/h2-3H,10H2,1H3,(H,11,12,15). The van der Waals surface area contributed by atoms with Crippen LogP contribution in [0.3, 0.4) is 0 Å². The number of anilines is 1. The van der Waals surface area contributed by atoms with Crippen molar-refractivity contribution in [3.63, 3.8) is 0 Å². The predicted molar refractivity (Wildman–Crippen MR) is 63.8 cm³/mol. The molecule has 0 aromatic carbocycles. The molecule has 2 aromatic rings.